The molecule has 1 aromatic rings. The van der Waals surface area contributed by atoms with E-state index in [4.69, 9.17) is 5.11 Å². The maximum absolute atomic E-state index is 10.8. The van der Waals surface area contributed by atoms with E-state index in [0.29, 0.717) is 5.57 Å². The molecule has 0 fully saturated rings. The lowest BCUT2D eigenvalue weighted by Gasteiger charge is -2.08. The minimum Gasteiger partial charge on any atom is -0.478 e. The van der Waals surface area contributed by atoms with Gasteiger partial charge in [0.15, 0.2) is 0 Å². The second-order valence-corrected chi connectivity index (χ2v) is 3.57. The van der Waals surface area contributed by atoms with Gasteiger partial charge in [-0.1, -0.05) is 36.4 Å². The van der Waals surface area contributed by atoms with E-state index in [1.165, 1.54) is 0 Å². The summed E-state index contributed by atoms with van der Waals surface area (Å²) in [5, 5.41) is 8.92. The zero-order valence-electron chi connectivity index (χ0n) is 7.40. The number of allylic oxidation sites excluding steroid dienone is 2. The molecule has 1 atom stereocenters. The van der Waals surface area contributed by atoms with Gasteiger partial charge in [-0.2, -0.15) is 0 Å². The van der Waals surface area contributed by atoms with Gasteiger partial charge in [0.1, 0.15) is 0 Å². The van der Waals surface area contributed by atoms with Crippen molar-refractivity contribution >= 4 is 12.0 Å². The molecule has 68 valence electrons. The third kappa shape index (κ3) is 0.826. The van der Waals surface area contributed by atoms with Gasteiger partial charge in [-0.15, -0.1) is 0 Å². The second kappa shape index (κ2) is 2.35. The molecule has 2 aliphatic rings. The Morgan fingerprint density at radius 1 is 1.21 bits per heavy atom. The maximum atomic E-state index is 10.8. The first kappa shape index (κ1) is 7.56. The van der Waals surface area contributed by atoms with Gasteiger partial charge in [-0.25, -0.2) is 4.79 Å². The fourth-order valence-corrected chi connectivity index (χ4v) is 2.10. The van der Waals surface area contributed by atoms with E-state index in [1.54, 1.807) is 0 Å². The molecule has 1 N–H and O–H groups in total. The van der Waals surface area contributed by atoms with Gasteiger partial charge in [0.05, 0.1) is 5.57 Å². The molecule has 1 aromatic carbocycles. The lowest BCUT2D eigenvalue weighted by Crippen LogP contribution is -1.97. The molecule has 0 saturated carbocycles. The standard InChI is InChI=1S/C12H8O2/c13-12(14)11-9-6-5-7-3-1-2-4-8(7)10(9)11/h1-6,10H,(H,13,14). The lowest BCUT2D eigenvalue weighted by atomic mass is 9.95. The van der Waals surface area contributed by atoms with Crippen LogP contribution in [0.3, 0.4) is 0 Å². The van der Waals surface area contributed by atoms with Crippen LogP contribution in [0, 0.1) is 0 Å². The summed E-state index contributed by atoms with van der Waals surface area (Å²) in [4.78, 5) is 10.8. The summed E-state index contributed by atoms with van der Waals surface area (Å²) in [5.74, 6) is -0.722. The number of aliphatic carboxylic acids is 1. The molecule has 2 aliphatic carbocycles. The average molecular weight is 184 g/mol. The third-order valence-corrected chi connectivity index (χ3v) is 2.81. The molecular formula is C12H8O2. The van der Waals surface area contributed by atoms with E-state index in [9.17, 15) is 4.79 Å². The van der Waals surface area contributed by atoms with E-state index in [-0.39, 0.29) is 5.92 Å². The zero-order valence-corrected chi connectivity index (χ0v) is 7.40. The summed E-state index contributed by atoms with van der Waals surface area (Å²) >= 11 is 0. The Balaban J connectivity index is 2.12. The van der Waals surface area contributed by atoms with Crippen molar-refractivity contribution in [1.29, 1.82) is 0 Å². The Morgan fingerprint density at radius 3 is 2.79 bits per heavy atom. The Morgan fingerprint density at radius 2 is 2.00 bits per heavy atom. The average Bonchev–Trinajstić information content (AvgIpc) is 2.92. The van der Waals surface area contributed by atoms with Crippen molar-refractivity contribution in [1.82, 2.24) is 0 Å². The highest BCUT2D eigenvalue weighted by molar-refractivity contribution is 6.00. The third-order valence-electron chi connectivity index (χ3n) is 2.81. The molecule has 0 spiro atoms. The first-order valence-electron chi connectivity index (χ1n) is 4.53. The molecule has 14 heavy (non-hydrogen) atoms. The number of carbonyl (C=O) groups is 1. The van der Waals surface area contributed by atoms with Crippen LogP contribution in [-0.4, -0.2) is 11.1 Å². The summed E-state index contributed by atoms with van der Waals surface area (Å²) in [7, 11) is 0. The highest BCUT2D eigenvalue weighted by Crippen LogP contribution is 2.52. The van der Waals surface area contributed by atoms with Crippen LogP contribution in [-0.2, 0) is 4.79 Å². The van der Waals surface area contributed by atoms with Gasteiger partial charge < -0.3 is 5.11 Å². The van der Waals surface area contributed by atoms with Gasteiger partial charge >= 0.3 is 5.97 Å². The summed E-state index contributed by atoms with van der Waals surface area (Å²) in [5.41, 5.74) is 3.79. The summed E-state index contributed by atoms with van der Waals surface area (Å²) in [6.45, 7) is 0. The predicted octanol–water partition coefficient (Wildman–Crippen LogP) is 2.19. The smallest absolute Gasteiger partial charge is 0.332 e. The first-order valence-corrected chi connectivity index (χ1v) is 4.53. The quantitative estimate of drug-likeness (QED) is 0.726. The molecule has 0 aliphatic heterocycles. The molecule has 3 rings (SSSR count). The Kier molecular flexibility index (Phi) is 1.27. The van der Waals surface area contributed by atoms with Gasteiger partial charge in [0.25, 0.3) is 0 Å². The Labute approximate surface area is 81.2 Å². The van der Waals surface area contributed by atoms with Crippen LogP contribution in [0.4, 0.5) is 0 Å². The highest BCUT2D eigenvalue weighted by Gasteiger charge is 2.43. The SMILES string of the molecule is O=C(O)C1=C2C=Cc3ccccc3C21. The molecule has 2 nitrogen and oxygen atoms in total. The van der Waals surface area contributed by atoms with E-state index < -0.39 is 5.97 Å². The highest BCUT2D eigenvalue weighted by atomic mass is 16.4. The van der Waals surface area contributed by atoms with Gasteiger partial charge in [0, 0.05) is 5.92 Å². The van der Waals surface area contributed by atoms with Gasteiger partial charge in [0.2, 0.25) is 0 Å². The van der Waals surface area contributed by atoms with Crippen molar-refractivity contribution in [3.63, 3.8) is 0 Å². The minimum atomic E-state index is -0.786. The number of hydrogen-bond acceptors (Lipinski definition) is 1. The molecule has 0 heterocycles. The van der Waals surface area contributed by atoms with E-state index in [2.05, 4.69) is 0 Å². The second-order valence-electron chi connectivity index (χ2n) is 3.57. The monoisotopic (exact) mass is 184 g/mol. The van der Waals surface area contributed by atoms with Crippen LogP contribution < -0.4 is 0 Å². The molecule has 0 radical (unpaired) electrons. The van der Waals surface area contributed by atoms with E-state index in [0.717, 1.165) is 16.7 Å². The fraction of sp³-hybridized carbons (Fsp3) is 0.0833. The molecule has 2 heteroatoms. The lowest BCUT2D eigenvalue weighted by molar-refractivity contribution is -0.132. The maximum Gasteiger partial charge on any atom is 0.332 e. The molecule has 0 bridgehead atoms. The predicted molar refractivity (Wildman–Crippen MR) is 52.9 cm³/mol. The first-order chi connectivity index (χ1) is 6.79. The zero-order chi connectivity index (χ0) is 9.71. The number of fused-ring (bicyclic) bond motifs is 3. The van der Waals surface area contributed by atoms with Gasteiger partial charge in [-0.05, 0) is 16.7 Å². The van der Waals surface area contributed by atoms with Crippen molar-refractivity contribution in [2.24, 2.45) is 0 Å². The molecule has 0 aromatic heterocycles. The van der Waals surface area contributed by atoms with Crippen molar-refractivity contribution in [3.05, 3.63) is 52.6 Å². The largest absolute Gasteiger partial charge is 0.478 e. The molecule has 0 saturated heterocycles. The van der Waals surface area contributed by atoms with Crippen LogP contribution in [0.1, 0.15) is 17.0 Å². The normalized spacial score (nSPS) is 21.6. The minimum absolute atomic E-state index is 0.0636. The van der Waals surface area contributed by atoms with Crippen LogP contribution >= 0.6 is 0 Å². The van der Waals surface area contributed by atoms with E-state index >= 15 is 0 Å². The topological polar surface area (TPSA) is 37.3 Å². The number of hydrogen-bond donors (Lipinski definition) is 1. The molecule has 1 unspecified atom stereocenters. The van der Waals surface area contributed by atoms with Crippen LogP contribution in [0.15, 0.2) is 41.5 Å². The number of rotatable bonds is 1. The molecular weight excluding hydrogens is 176 g/mol. The Hall–Kier alpha value is -1.83. The number of carboxylic acids is 1. The summed E-state index contributed by atoms with van der Waals surface area (Å²) < 4.78 is 0. The van der Waals surface area contributed by atoms with Crippen molar-refractivity contribution in [2.75, 3.05) is 0 Å². The van der Waals surface area contributed by atoms with Crippen LogP contribution in [0.2, 0.25) is 0 Å². The Bertz CT molecular complexity index is 495. The van der Waals surface area contributed by atoms with Crippen molar-refractivity contribution in [3.8, 4) is 0 Å². The molecule has 0 amide bonds. The fourth-order valence-electron chi connectivity index (χ4n) is 2.10. The summed E-state index contributed by atoms with van der Waals surface area (Å²) in [6.07, 6.45) is 3.90. The number of carboxylic acid groups (broad SMARTS) is 1. The van der Waals surface area contributed by atoms with Crippen molar-refractivity contribution < 1.29 is 9.90 Å². The summed E-state index contributed by atoms with van der Waals surface area (Å²) in [6, 6.07) is 7.93. The van der Waals surface area contributed by atoms with Crippen molar-refractivity contribution in [2.45, 2.75) is 5.92 Å². The van der Waals surface area contributed by atoms with Crippen LogP contribution in [0.25, 0.3) is 6.08 Å². The van der Waals surface area contributed by atoms with E-state index in [1.807, 2.05) is 36.4 Å². The number of benzene rings is 1. The van der Waals surface area contributed by atoms with Gasteiger partial charge in [-0.3, -0.25) is 0 Å². The van der Waals surface area contributed by atoms with Crippen LogP contribution in [0.5, 0.6) is 0 Å².